The Labute approximate surface area is 94.5 Å². The van der Waals surface area contributed by atoms with Gasteiger partial charge in [0, 0.05) is 17.2 Å². The molecule has 0 fully saturated rings. The van der Waals surface area contributed by atoms with Gasteiger partial charge in [-0.2, -0.15) is 0 Å². The van der Waals surface area contributed by atoms with Gasteiger partial charge in [0.2, 0.25) is 0 Å². The van der Waals surface area contributed by atoms with Crippen molar-refractivity contribution < 1.29 is 4.21 Å². The van der Waals surface area contributed by atoms with Crippen LogP contribution in [0.15, 0.2) is 35.2 Å². The normalized spacial score (nSPS) is 13.0. The summed E-state index contributed by atoms with van der Waals surface area (Å²) in [7, 11) is -0.861. The second-order valence-electron chi connectivity index (χ2n) is 3.96. The van der Waals surface area contributed by atoms with Crippen LogP contribution in [-0.4, -0.2) is 23.1 Å². The van der Waals surface area contributed by atoms with Gasteiger partial charge >= 0.3 is 0 Å². The predicted octanol–water partition coefficient (Wildman–Crippen LogP) is 2.04. The van der Waals surface area contributed by atoms with E-state index in [2.05, 4.69) is 19.2 Å². The number of hydrogen-bond acceptors (Lipinski definition) is 2. The molecule has 1 aromatic rings. The second kappa shape index (κ2) is 6.75. The Balaban J connectivity index is 2.25. The highest BCUT2D eigenvalue weighted by atomic mass is 32.2. The fourth-order valence-electron chi connectivity index (χ4n) is 1.25. The SMILES string of the molecule is CC(C)CNCCS(=O)c1ccccc1. The summed E-state index contributed by atoms with van der Waals surface area (Å²) in [4.78, 5) is 0.920. The quantitative estimate of drug-likeness (QED) is 0.751. The van der Waals surface area contributed by atoms with Gasteiger partial charge in [-0.3, -0.25) is 4.21 Å². The van der Waals surface area contributed by atoms with Crippen LogP contribution in [0.5, 0.6) is 0 Å². The van der Waals surface area contributed by atoms with E-state index in [4.69, 9.17) is 0 Å². The monoisotopic (exact) mass is 225 g/mol. The predicted molar refractivity (Wildman–Crippen MR) is 65.4 cm³/mol. The zero-order valence-corrected chi connectivity index (χ0v) is 10.2. The highest BCUT2D eigenvalue weighted by Gasteiger charge is 2.02. The molecule has 0 spiro atoms. The van der Waals surface area contributed by atoms with Crippen LogP contribution >= 0.6 is 0 Å². The molecule has 15 heavy (non-hydrogen) atoms. The molecule has 84 valence electrons. The zero-order valence-electron chi connectivity index (χ0n) is 9.40. The molecular weight excluding hydrogens is 206 g/mol. The Morgan fingerprint density at radius 1 is 1.27 bits per heavy atom. The van der Waals surface area contributed by atoms with E-state index in [1.807, 2.05) is 30.3 Å². The van der Waals surface area contributed by atoms with E-state index < -0.39 is 10.8 Å². The van der Waals surface area contributed by atoms with Gasteiger partial charge in [-0.15, -0.1) is 0 Å². The Bertz CT molecular complexity index is 298. The smallest absolute Gasteiger partial charge is 0.0542 e. The third kappa shape index (κ3) is 5.09. The molecule has 0 radical (unpaired) electrons. The third-order valence-corrected chi connectivity index (χ3v) is 3.40. The molecule has 1 rings (SSSR count). The van der Waals surface area contributed by atoms with Gasteiger partial charge in [-0.25, -0.2) is 0 Å². The van der Waals surface area contributed by atoms with Crippen molar-refractivity contribution in [3.63, 3.8) is 0 Å². The van der Waals surface area contributed by atoms with Gasteiger partial charge in [0.1, 0.15) is 0 Å². The van der Waals surface area contributed by atoms with E-state index in [0.717, 1.165) is 18.0 Å². The Kier molecular flexibility index (Phi) is 5.58. The van der Waals surface area contributed by atoms with Crippen molar-refractivity contribution in [2.24, 2.45) is 5.92 Å². The Morgan fingerprint density at radius 2 is 1.93 bits per heavy atom. The summed E-state index contributed by atoms with van der Waals surface area (Å²) in [6.07, 6.45) is 0. The molecule has 0 aromatic heterocycles. The van der Waals surface area contributed by atoms with E-state index in [1.165, 1.54) is 0 Å². The number of rotatable bonds is 6. The first-order valence-electron chi connectivity index (χ1n) is 5.34. The van der Waals surface area contributed by atoms with Gasteiger partial charge in [0.15, 0.2) is 0 Å². The van der Waals surface area contributed by atoms with Crippen molar-refractivity contribution in [1.29, 1.82) is 0 Å². The summed E-state index contributed by atoms with van der Waals surface area (Å²) in [5.74, 6) is 1.34. The number of benzene rings is 1. The molecule has 0 bridgehead atoms. The lowest BCUT2D eigenvalue weighted by Crippen LogP contribution is -2.24. The van der Waals surface area contributed by atoms with Crippen LogP contribution in [0.3, 0.4) is 0 Å². The van der Waals surface area contributed by atoms with Crippen LogP contribution in [0.4, 0.5) is 0 Å². The Morgan fingerprint density at radius 3 is 2.53 bits per heavy atom. The first-order chi connectivity index (χ1) is 7.20. The van der Waals surface area contributed by atoms with E-state index >= 15 is 0 Å². The summed E-state index contributed by atoms with van der Waals surface area (Å²) >= 11 is 0. The van der Waals surface area contributed by atoms with Crippen LogP contribution < -0.4 is 5.32 Å². The molecule has 1 atom stereocenters. The minimum Gasteiger partial charge on any atom is -0.316 e. The van der Waals surface area contributed by atoms with Crippen molar-refractivity contribution in [2.45, 2.75) is 18.7 Å². The second-order valence-corrected chi connectivity index (χ2v) is 5.53. The summed E-state index contributed by atoms with van der Waals surface area (Å²) in [6.45, 7) is 6.15. The van der Waals surface area contributed by atoms with E-state index in [-0.39, 0.29) is 0 Å². The maximum atomic E-state index is 11.8. The van der Waals surface area contributed by atoms with Crippen molar-refractivity contribution in [3.05, 3.63) is 30.3 Å². The van der Waals surface area contributed by atoms with Gasteiger partial charge in [0.05, 0.1) is 10.8 Å². The van der Waals surface area contributed by atoms with Gasteiger partial charge < -0.3 is 5.32 Å². The van der Waals surface area contributed by atoms with Crippen LogP contribution in [0.2, 0.25) is 0 Å². The fourth-order valence-corrected chi connectivity index (χ4v) is 2.27. The van der Waals surface area contributed by atoms with Crippen molar-refractivity contribution >= 4 is 10.8 Å². The lowest BCUT2D eigenvalue weighted by atomic mass is 10.2. The van der Waals surface area contributed by atoms with Crippen LogP contribution in [-0.2, 0) is 10.8 Å². The number of hydrogen-bond donors (Lipinski definition) is 1. The molecule has 1 aromatic carbocycles. The van der Waals surface area contributed by atoms with E-state index in [0.29, 0.717) is 11.7 Å². The minimum absolute atomic E-state index is 0.648. The van der Waals surface area contributed by atoms with Crippen LogP contribution in [0.25, 0.3) is 0 Å². The molecule has 3 heteroatoms. The maximum absolute atomic E-state index is 11.8. The first kappa shape index (κ1) is 12.4. The van der Waals surface area contributed by atoms with Gasteiger partial charge in [0.25, 0.3) is 0 Å². The summed E-state index contributed by atoms with van der Waals surface area (Å²) in [5, 5.41) is 3.29. The molecule has 1 N–H and O–H groups in total. The summed E-state index contributed by atoms with van der Waals surface area (Å²) in [5.41, 5.74) is 0. The van der Waals surface area contributed by atoms with E-state index in [1.54, 1.807) is 0 Å². The summed E-state index contributed by atoms with van der Waals surface area (Å²) < 4.78 is 11.8. The van der Waals surface area contributed by atoms with Crippen molar-refractivity contribution in [3.8, 4) is 0 Å². The highest BCUT2D eigenvalue weighted by molar-refractivity contribution is 7.85. The molecule has 2 nitrogen and oxygen atoms in total. The van der Waals surface area contributed by atoms with Gasteiger partial charge in [-0.05, 0) is 24.6 Å². The number of nitrogens with one attached hydrogen (secondary N) is 1. The summed E-state index contributed by atoms with van der Waals surface area (Å²) in [6, 6.07) is 9.62. The van der Waals surface area contributed by atoms with E-state index in [9.17, 15) is 4.21 Å². The molecule has 0 heterocycles. The molecule has 0 aliphatic carbocycles. The standard InChI is InChI=1S/C12H19NOS/c1-11(2)10-13-8-9-15(14)12-6-4-3-5-7-12/h3-7,11,13H,8-10H2,1-2H3. The van der Waals surface area contributed by atoms with Gasteiger partial charge in [-0.1, -0.05) is 32.0 Å². The third-order valence-electron chi connectivity index (χ3n) is 2.02. The molecule has 0 aliphatic rings. The topological polar surface area (TPSA) is 29.1 Å². The van der Waals surface area contributed by atoms with Crippen molar-refractivity contribution in [2.75, 3.05) is 18.8 Å². The molecule has 0 aliphatic heterocycles. The minimum atomic E-state index is -0.861. The highest BCUT2D eigenvalue weighted by Crippen LogP contribution is 2.04. The molecule has 1 unspecified atom stereocenters. The van der Waals surface area contributed by atoms with Crippen molar-refractivity contribution in [1.82, 2.24) is 5.32 Å². The molecule has 0 saturated heterocycles. The molecular formula is C12H19NOS. The fraction of sp³-hybridized carbons (Fsp3) is 0.500. The Hall–Kier alpha value is -0.670. The molecule has 0 amide bonds. The molecule has 0 saturated carbocycles. The lowest BCUT2D eigenvalue weighted by molar-refractivity contribution is 0.566. The lowest BCUT2D eigenvalue weighted by Gasteiger charge is -2.06. The maximum Gasteiger partial charge on any atom is 0.0542 e. The van der Waals surface area contributed by atoms with Crippen LogP contribution in [0, 0.1) is 5.92 Å². The first-order valence-corrected chi connectivity index (χ1v) is 6.66. The largest absolute Gasteiger partial charge is 0.316 e. The van der Waals surface area contributed by atoms with Crippen LogP contribution in [0.1, 0.15) is 13.8 Å². The average Bonchev–Trinajstić information content (AvgIpc) is 2.25. The zero-order chi connectivity index (χ0) is 11.1. The average molecular weight is 225 g/mol.